The van der Waals surface area contributed by atoms with Crippen molar-refractivity contribution in [3.8, 4) is 5.75 Å². The molecule has 1 aliphatic carbocycles. The summed E-state index contributed by atoms with van der Waals surface area (Å²) in [7, 11) is 0. The Hall–Kier alpha value is -2.78. The maximum absolute atomic E-state index is 13.0. The van der Waals surface area contributed by atoms with Crippen molar-refractivity contribution in [1.29, 1.82) is 0 Å². The van der Waals surface area contributed by atoms with Gasteiger partial charge in [0.25, 0.3) is 5.91 Å². The number of hydrogen-bond acceptors (Lipinski definition) is 4. The van der Waals surface area contributed by atoms with E-state index in [9.17, 15) is 27.6 Å². The molecule has 1 aromatic carbocycles. The second-order valence-corrected chi connectivity index (χ2v) is 7.99. The highest BCUT2D eigenvalue weighted by molar-refractivity contribution is 6.09. The normalized spacial score (nSPS) is 22.4. The highest BCUT2D eigenvalue weighted by Gasteiger charge is 2.50. The smallest absolute Gasteiger partial charge is 0.406 e. The van der Waals surface area contributed by atoms with E-state index in [2.05, 4.69) is 10.1 Å². The third-order valence-corrected chi connectivity index (χ3v) is 5.91. The molecular formula is C21H26F3N3O4. The third-order valence-electron chi connectivity index (χ3n) is 5.91. The molecule has 0 spiro atoms. The fraction of sp³-hybridized carbons (Fsp3) is 0.571. The Morgan fingerprint density at radius 1 is 1.19 bits per heavy atom. The fourth-order valence-electron chi connectivity index (χ4n) is 4.28. The van der Waals surface area contributed by atoms with Gasteiger partial charge in [-0.3, -0.25) is 14.5 Å². The van der Waals surface area contributed by atoms with Crippen LogP contribution in [0, 0.1) is 0 Å². The monoisotopic (exact) mass is 441 g/mol. The SMILES string of the molecule is CCN(C(=O)CN1C(=O)NC(C)(c2ccc(OC(F)(F)F)cc2)C1=O)C1CCCCC1. The second-order valence-electron chi connectivity index (χ2n) is 7.99. The van der Waals surface area contributed by atoms with Gasteiger partial charge in [0, 0.05) is 12.6 Å². The lowest BCUT2D eigenvalue weighted by Crippen LogP contribution is -2.48. The van der Waals surface area contributed by atoms with Crippen LogP contribution in [0.3, 0.4) is 0 Å². The summed E-state index contributed by atoms with van der Waals surface area (Å²) in [5.41, 5.74) is -1.20. The molecule has 1 N–H and O–H groups in total. The van der Waals surface area contributed by atoms with Crippen molar-refractivity contribution in [2.24, 2.45) is 0 Å². The molecule has 0 bridgehead atoms. The van der Waals surface area contributed by atoms with Gasteiger partial charge < -0.3 is 15.0 Å². The molecule has 31 heavy (non-hydrogen) atoms. The fourth-order valence-corrected chi connectivity index (χ4v) is 4.28. The maximum Gasteiger partial charge on any atom is 0.573 e. The van der Waals surface area contributed by atoms with E-state index in [1.165, 1.54) is 19.1 Å². The van der Waals surface area contributed by atoms with E-state index in [1.807, 2.05) is 6.92 Å². The van der Waals surface area contributed by atoms with Gasteiger partial charge in [-0.25, -0.2) is 4.79 Å². The quantitative estimate of drug-likeness (QED) is 0.685. The standard InChI is InChI=1S/C21H26F3N3O4/c1-3-26(15-7-5-4-6-8-15)17(28)13-27-18(29)20(2,25-19(27)30)14-9-11-16(12-10-14)31-21(22,23)24/h9-12,15H,3-8,13H2,1-2H3,(H,25,30). The number of imide groups is 1. The number of ether oxygens (including phenoxy) is 1. The van der Waals surface area contributed by atoms with Gasteiger partial charge >= 0.3 is 12.4 Å². The number of nitrogens with zero attached hydrogens (tertiary/aromatic N) is 2. The van der Waals surface area contributed by atoms with E-state index in [-0.39, 0.29) is 24.1 Å². The Kier molecular flexibility index (Phi) is 6.47. The van der Waals surface area contributed by atoms with Crippen LogP contribution in [0.2, 0.25) is 0 Å². The molecule has 1 aliphatic heterocycles. The molecule has 1 unspecified atom stereocenters. The van der Waals surface area contributed by atoms with Gasteiger partial charge in [0.15, 0.2) is 0 Å². The van der Waals surface area contributed by atoms with E-state index < -0.39 is 29.6 Å². The van der Waals surface area contributed by atoms with E-state index in [0.29, 0.717) is 6.54 Å². The largest absolute Gasteiger partial charge is 0.573 e. The van der Waals surface area contributed by atoms with Crippen LogP contribution in [-0.4, -0.2) is 53.1 Å². The van der Waals surface area contributed by atoms with Crippen LogP contribution < -0.4 is 10.1 Å². The van der Waals surface area contributed by atoms with E-state index in [1.54, 1.807) is 4.90 Å². The number of rotatable bonds is 6. The molecule has 170 valence electrons. The summed E-state index contributed by atoms with van der Waals surface area (Å²) in [6, 6.07) is 4.11. The highest BCUT2D eigenvalue weighted by Crippen LogP contribution is 2.31. The predicted octanol–water partition coefficient (Wildman–Crippen LogP) is 3.53. The van der Waals surface area contributed by atoms with Crippen molar-refractivity contribution in [3.63, 3.8) is 0 Å². The molecule has 3 rings (SSSR count). The molecule has 4 amide bonds. The van der Waals surface area contributed by atoms with Gasteiger partial charge in [0.2, 0.25) is 5.91 Å². The van der Waals surface area contributed by atoms with E-state index in [4.69, 9.17) is 0 Å². The first kappa shape index (κ1) is 22.9. The molecule has 0 radical (unpaired) electrons. The summed E-state index contributed by atoms with van der Waals surface area (Å²) in [5.74, 6) is -1.36. The lowest BCUT2D eigenvalue weighted by molar-refractivity contribution is -0.274. The summed E-state index contributed by atoms with van der Waals surface area (Å²) in [4.78, 5) is 41.0. The number of halogens is 3. The molecule has 10 heteroatoms. The van der Waals surface area contributed by atoms with Gasteiger partial charge in [0.1, 0.15) is 17.8 Å². The number of urea groups is 1. The molecule has 2 aliphatic rings. The van der Waals surface area contributed by atoms with Gasteiger partial charge in [-0.05, 0) is 44.4 Å². The number of benzene rings is 1. The van der Waals surface area contributed by atoms with E-state index in [0.717, 1.165) is 49.1 Å². The van der Waals surface area contributed by atoms with E-state index >= 15 is 0 Å². The lowest BCUT2D eigenvalue weighted by atomic mass is 9.92. The zero-order valence-corrected chi connectivity index (χ0v) is 17.5. The Morgan fingerprint density at radius 3 is 2.35 bits per heavy atom. The Morgan fingerprint density at radius 2 is 1.81 bits per heavy atom. The van der Waals surface area contributed by atoms with Crippen LogP contribution in [0.5, 0.6) is 5.75 Å². The minimum atomic E-state index is -4.83. The molecule has 1 saturated heterocycles. The highest BCUT2D eigenvalue weighted by atomic mass is 19.4. The number of alkyl halides is 3. The molecule has 7 nitrogen and oxygen atoms in total. The molecule has 1 aromatic rings. The first-order valence-corrected chi connectivity index (χ1v) is 10.3. The van der Waals surface area contributed by atoms with Gasteiger partial charge in [-0.15, -0.1) is 13.2 Å². The minimum Gasteiger partial charge on any atom is -0.406 e. The number of carbonyl (C=O) groups is 3. The molecular weight excluding hydrogens is 415 g/mol. The van der Waals surface area contributed by atoms with Crippen molar-refractivity contribution in [1.82, 2.24) is 15.1 Å². The molecule has 0 aromatic heterocycles. The Bertz CT molecular complexity index is 837. The number of hydrogen-bond donors (Lipinski definition) is 1. The van der Waals surface area contributed by atoms with Crippen molar-refractivity contribution in [2.75, 3.05) is 13.1 Å². The van der Waals surface area contributed by atoms with Crippen LogP contribution in [-0.2, 0) is 15.1 Å². The average molecular weight is 441 g/mol. The maximum atomic E-state index is 13.0. The summed E-state index contributed by atoms with van der Waals surface area (Å²) < 4.78 is 40.9. The minimum absolute atomic E-state index is 0.111. The average Bonchev–Trinajstić information content (AvgIpc) is 2.92. The summed E-state index contributed by atoms with van der Waals surface area (Å²) in [5, 5.41) is 2.56. The topological polar surface area (TPSA) is 79.0 Å². The number of nitrogens with one attached hydrogen (secondary N) is 1. The Labute approximate surface area is 178 Å². The van der Waals surface area contributed by atoms with Crippen LogP contribution in [0.25, 0.3) is 0 Å². The molecule has 2 fully saturated rings. The van der Waals surface area contributed by atoms with Crippen LogP contribution >= 0.6 is 0 Å². The zero-order chi connectivity index (χ0) is 22.8. The van der Waals surface area contributed by atoms with Crippen molar-refractivity contribution in [3.05, 3.63) is 29.8 Å². The first-order chi connectivity index (χ1) is 14.5. The van der Waals surface area contributed by atoms with Gasteiger partial charge in [0.05, 0.1) is 0 Å². The van der Waals surface area contributed by atoms with Crippen LogP contribution in [0.4, 0.5) is 18.0 Å². The lowest BCUT2D eigenvalue weighted by Gasteiger charge is -2.34. The number of likely N-dealkylation sites (N-methyl/N-ethyl adjacent to an activating group) is 1. The first-order valence-electron chi connectivity index (χ1n) is 10.3. The van der Waals surface area contributed by atoms with Crippen LogP contribution in [0.1, 0.15) is 51.5 Å². The summed E-state index contributed by atoms with van der Waals surface area (Å²) in [6.07, 6.45) is 0.213. The molecule has 1 atom stereocenters. The second kappa shape index (κ2) is 8.76. The summed E-state index contributed by atoms with van der Waals surface area (Å²) in [6.45, 7) is 3.44. The van der Waals surface area contributed by atoms with Crippen molar-refractivity contribution in [2.45, 2.75) is 63.9 Å². The van der Waals surface area contributed by atoms with Gasteiger partial charge in [-0.2, -0.15) is 0 Å². The van der Waals surface area contributed by atoms with Gasteiger partial charge in [-0.1, -0.05) is 31.4 Å². The number of amides is 4. The number of carbonyl (C=O) groups excluding carboxylic acids is 3. The van der Waals surface area contributed by atoms with Crippen molar-refractivity contribution < 1.29 is 32.3 Å². The third kappa shape index (κ3) is 4.94. The summed E-state index contributed by atoms with van der Waals surface area (Å²) >= 11 is 0. The zero-order valence-electron chi connectivity index (χ0n) is 17.5. The van der Waals surface area contributed by atoms with Crippen LogP contribution in [0.15, 0.2) is 24.3 Å². The Balaban J connectivity index is 1.72. The predicted molar refractivity (Wildman–Crippen MR) is 105 cm³/mol. The van der Waals surface area contributed by atoms with Crippen molar-refractivity contribution >= 4 is 17.8 Å². The molecule has 1 saturated carbocycles. The molecule has 1 heterocycles.